The van der Waals surface area contributed by atoms with E-state index in [2.05, 4.69) is 15.4 Å². The molecule has 0 aromatic heterocycles. The Bertz CT molecular complexity index is 1060. The molecule has 0 aliphatic rings. The number of halogens is 2. The summed E-state index contributed by atoms with van der Waals surface area (Å²) in [5.41, 5.74) is 0.514. The predicted molar refractivity (Wildman–Crippen MR) is 120 cm³/mol. The first kappa shape index (κ1) is 26.1. The maximum Gasteiger partial charge on any atom is 0.387 e. The third-order valence-electron chi connectivity index (χ3n) is 4.62. The van der Waals surface area contributed by atoms with Crippen LogP contribution >= 0.6 is 0 Å². The lowest BCUT2D eigenvalue weighted by atomic mass is 10.2. The maximum absolute atomic E-state index is 12.8. The molecule has 0 spiro atoms. The Labute approximate surface area is 191 Å². The summed E-state index contributed by atoms with van der Waals surface area (Å²) in [5, 5.41) is 5.39. The largest absolute Gasteiger partial charge is 0.495 e. The van der Waals surface area contributed by atoms with E-state index < -0.39 is 22.5 Å². The summed E-state index contributed by atoms with van der Waals surface area (Å²) in [6.45, 7) is 0.790. The fourth-order valence-electron chi connectivity index (χ4n) is 3.01. The molecule has 1 amide bonds. The Morgan fingerprint density at radius 1 is 1.00 bits per heavy atom. The van der Waals surface area contributed by atoms with Gasteiger partial charge in [0, 0.05) is 24.8 Å². The van der Waals surface area contributed by atoms with E-state index in [1.807, 2.05) is 0 Å². The summed E-state index contributed by atoms with van der Waals surface area (Å²) in [4.78, 5) is 12.5. The molecule has 0 heterocycles. The molecule has 9 nitrogen and oxygen atoms in total. The molecule has 2 aromatic rings. The van der Waals surface area contributed by atoms with Crippen molar-refractivity contribution in [3.63, 3.8) is 0 Å². The van der Waals surface area contributed by atoms with Crippen LogP contribution in [-0.2, 0) is 14.8 Å². The van der Waals surface area contributed by atoms with Crippen LogP contribution in [0, 0.1) is 0 Å². The second kappa shape index (κ2) is 11.7. The van der Waals surface area contributed by atoms with Gasteiger partial charge in [0.15, 0.2) is 11.5 Å². The van der Waals surface area contributed by atoms with Crippen molar-refractivity contribution in [3.05, 3.63) is 36.4 Å². The topological polar surface area (TPSA) is 106 Å². The molecule has 0 radical (unpaired) electrons. The molecule has 0 unspecified atom stereocenters. The summed E-state index contributed by atoms with van der Waals surface area (Å²) in [6, 6.07) is 8.41. The highest BCUT2D eigenvalue weighted by Gasteiger charge is 2.23. The van der Waals surface area contributed by atoms with Crippen LogP contribution in [-0.4, -0.2) is 59.1 Å². The van der Waals surface area contributed by atoms with Crippen molar-refractivity contribution in [3.8, 4) is 17.2 Å². The van der Waals surface area contributed by atoms with E-state index in [0.717, 1.165) is 0 Å². The number of carbonyl (C=O) groups excluding carboxylic acids is 1. The molecular weight excluding hydrogens is 460 g/mol. The number of alkyl halides is 2. The van der Waals surface area contributed by atoms with Crippen molar-refractivity contribution in [1.29, 1.82) is 0 Å². The summed E-state index contributed by atoms with van der Waals surface area (Å²) in [5.74, 6) is -0.313. The van der Waals surface area contributed by atoms with Crippen LogP contribution < -0.4 is 24.8 Å². The van der Waals surface area contributed by atoms with Gasteiger partial charge < -0.3 is 24.8 Å². The van der Waals surface area contributed by atoms with Crippen LogP contribution in [0.25, 0.3) is 0 Å². The zero-order valence-corrected chi connectivity index (χ0v) is 19.5. The van der Waals surface area contributed by atoms with Gasteiger partial charge in [0.25, 0.3) is 0 Å². The highest BCUT2D eigenvalue weighted by molar-refractivity contribution is 7.89. The smallest absolute Gasteiger partial charge is 0.387 e. The van der Waals surface area contributed by atoms with Crippen LogP contribution in [0.15, 0.2) is 41.3 Å². The highest BCUT2D eigenvalue weighted by Crippen LogP contribution is 2.32. The van der Waals surface area contributed by atoms with Gasteiger partial charge in [-0.2, -0.15) is 13.1 Å². The molecule has 0 saturated heterocycles. The first-order chi connectivity index (χ1) is 15.7. The number of sulfonamides is 1. The van der Waals surface area contributed by atoms with Crippen molar-refractivity contribution in [2.45, 2.75) is 25.4 Å². The van der Waals surface area contributed by atoms with Crippen LogP contribution in [0.2, 0.25) is 0 Å². The first-order valence-electron chi connectivity index (χ1n) is 10.0. The van der Waals surface area contributed by atoms with Gasteiger partial charge in [0.2, 0.25) is 15.9 Å². The lowest BCUT2D eigenvalue weighted by Gasteiger charge is -2.19. The number of nitrogens with one attached hydrogen (secondary N) is 2. The number of benzene rings is 2. The Balaban J connectivity index is 2.17. The van der Waals surface area contributed by atoms with E-state index >= 15 is 0 Å². The van der Waals surface area contributed by atoms with Gasteiger partial charge in [0.1, 0.15) is 5.75 Å². The fraction of sp³-hybridized carbons (Fsp3) is 0.381. The monoisotopic (exact) mass is 487 g/mol. The van der Waals surface area contributed by atoms with E-state index in [1.54, 1.807) is 13.8 Å². The van der Waals surface area contributed by atoms with Crippen molar-refractivity contribution in [2.75, 3.05) is 44.5 Å². The van der Waals surface area contributed by atoms with Gasteiger partial charge in [-0.05, 0) is 30.3 Å². The van der Waals surface area contributed by atoms with Crippen LogP contribution in [0.4, 0.5) is 20.2 Å². The van der Waals surface area contributed by atoms with Crippen LogP contribution in [0.5, 0.6) is 17.2 Å². The molecule has 0 fully saturated rings. The molecule has 182 valence electrons. The standard InChI is InChI=1S/C21H27F2N3O6S/c1-5-26(6-2)33(28,29)15-8-10-17(30-3)16(12-15)25-20(27)13-24-14-7-9-18(31-4)19(11-14)32-21(22)23/h7-12,21,24H,5-6,13H2,1-4H3,(H,25,27). The van der Waals surface area contributed by atoms with Gasteiger partial charge in [-0.3, -0.25) is 4.79 Å². The van der Waals surface area contributed by atoms with Crippen molar-refractivity contribution in [1.82, 2.24) is 4.31 Å². The minimum absolute atomic E-state index is 0.0132. The Kier molecular flexibility index (Phi) is 9.23. The Morgan fingerprint density at radius 2 is 1.64 bits per heavy atom. The number of carbonyl (C=O) groups is 1. The number of nitrogens with zero attached hydrogens (tertiary/aromatic N) is 1. The van der Waals surface area contributed by atoms with Crippen LogP contribution in [0.3, 0.4) is 0 Å². The molecular formula is C21H27F2N3O6S. The molecule has 2 N–H and O–H groups in total. The van der Waals surface area contributed by atoms with Gasteiger partial charge in [0.05, 0.1) is 31.3 Å². The van der Waals surface area contributed by atoms with Crippen molar-refractivity contribution in [2.24, 2.45) is 0 Å². The molecule has 0 saturated carbocycles. The van der Waals surface area contributed by atoms with E-state index in [4.69, 9.17) is 9.47 Å². The third-order valence-corrected chi connectivity index (χ3v) is 6.67. The highest BCUT2D eigenvalue weighted by atomic mass is 32.2. The summed E-state index contributed by atoms with van der Waals surface area (Å²) < 4.78 is 66.7. The molecule has 33 heavy (non-hydrogen) atoms. The van der Waals surface area contributed by atoms with E-state index in [9.17, 15) is 22.0 Å². The number of anilines is 2. The number of rotatable bonds is 12. The summed E-state index contributed by atoms with van der Waals surface area (Å²) in [7, 11) is -1.03. The maximum atomic E-state index is 12.8. The molecule has 0 atom stereocenters. The molecule has 2 rings (SSSR count). The normalized spacial score (nSPS) is 11.4. The SMILES string of the molecule is CCN(CC)S(=O)(=O)c1ccc(OC)c(NC(=O)CNc2ccc(OC)c(OC(F)F)c2)c1. The van der Waals surface area contributed by atoms with Gasteiger partial charge in [-0.1, -0.05) is 13.8 Å². The number of ether oxygens (including phenoxy) is 3. The van der Waals surface area contributed by atoms with Crippen LogP contribution in [0.1, 0.15) is 13.8 Å². The molecule has 0 bridgehead atoms. The average molecular weight is 488 g/mol. The first-order valence-corrected chi connectivity index (χ1v) is 11.4. The van der Waals surface area contributed by atoms with E-state index in [0.29, 0.717) is 18.8 Å². The number of hydrogen-bond acceptors (Lipinski definition) is 7. The van der Waals surface area contributed by atoms with Gasteiger partial charge in [-0.25, -0.2) is 8.42 Å². The molecule has 0 aliphatic carbocycles. The van der Waals surface area contributed by atoms with Gasteiger partial charge in [-0.15, -0.1) is 0 Å². The Morgan fingerprint density at radius 3 is 2.21 bits per heavy atom. The van der Waals surface area contributed by atoms with E-state index in [-0.39, 0.29) is 34.4 Å². The second-order valence-electron chi connectivity index (χ2n) is 6.60. The molecule has 12 heteroatoms. The average Bonchev–Trinajstić information content (AvgIpc) is 2.78. The quantitative estimate of drug-likeness (QED) is 0.473. The zero-order chi connectivity index (χ0) is 24.6. The number of hydrogen-bond donors (Lipinski definition) is 2. The lowest BCUT2D eigenvalue weighted by molar-refractivity contribution is -0.114. The number of methoxy groups -OCH3 is 2. The van der Waals surface area contributed by atoms with E-state index in [1.165, 1.54) is 54.9 Å². The second-order valence-corrected chi connectivity index (χ2v) is 8.54. The fourth-order valence-corrected chi connectivity index (χ4v) is 4.49. The molecule has 0 aliphatic heterocycles. The predicted octanol–water partition coefficient (Wildman–Crippen LogP) is 3.39. The zero-order valence-electron chi connectivity index (χ0n) is 18.7. The summed E-state index contributed by atoms with van der Waals surface area (Å²) in [6.07, 6.45) is 0. The number of amides is 1. The minimum Gasteiger partial charge on any atom is -0.495 e. The summed E-state index contributed by atoms with van der Waals surface area (Å²) >= 11 is 0. The van der Waals surface area contributed by atoms with Crippen molar-refractivity contribution >= 4 is 27.3 Å². The molecule has 2 aromatic carbocycles. The lowest BCUT2D eigenvalue weighted by Crippen LogP contribution is -2.30. The minimum atomic E-state index is -3.74. The van der Waals surface area contributed by atoms with Gasteiger partial charge >= 0.3 is 6.61 Å². The Hall–Kier alpha value is -3.12. The third kappa shape index (κ3) is 6.68. The van der Waals surface area contributed by atoms with Crippen molar-refractivity contribution < 1.29 is 36.2 Å².